The molecule has 0 aliphatic carbocycles. The molecule has 1 atom stereocenters. The highest BCUT2D eigenvalue weighted by atomic mass is 16.5. The van der Waals surface area contributed by atoms with Gasteiger partial charge in [-0.25, -0.2) is 4.48 Å². The number of rotatable bonds is 6. The predicted octanol–water partition coefficient (Wildman–Crippen LogP) is 4.46. The van der Waals surface area contributed by atoms with Gasteiger partial charge in [-0.2, -0.15) is 4.99 Å². The molecular weight excluding hydrogens is 482 g/mol. The van der Waals surface area contributed by atoms with Crippen LogP contribution in [0.5, 0.6) is 11.5 Å². The van der Waals surface area contributed by atoms with Crippen LogP contribution < -0.4 is 14.8 Å². The minimum atomic E-state index is -0.242. The number of amides is 1. The Hall–Kier alpha value is -4.21. The van der Waals surface area contributed by atoms with Crippen molar-refractivity contribution in [1.82, 2.24) is 4.57 Å². The minimum Gasteiger partial charge on any atom is -0.496 e. The van der Waals surface area contributed by atoms with Crippen LogP contribution in [0.1, 0.15) is 23.0 Å². The van der Waals surface area contributed by atoms with E-state index in [9.17, 15) is 4.79 Å². The first-order valence-electron chi connectivity index (χ1n) is 12.4. The number of hydrogen-bond acceptors (Lipinski definition) is 6. The van der Waals surface area contributed by atoms with E-state index >= 15 is 0 Å². The molecular formula is C29H30N5O4+. The number of amidine groups is 1. The summed E-state index contributed by atoms with van der Waals surface area (Å²) < 4.78 is 19.0. The van der Waals surface area contributed by atoms with E-state index in [0.29, 0.717) is 34.8 Å². The van der Waals surface area contributed by atoms with Crippen LogP contribution in [0, 0.1) is 5.41 Å². The molecule has 0 radical (unpaired) electrons. The fourth-order valence-corrected chi connectivity index (χ4v) is 5.39. The lowest BCUT2D eigenvalue weighted by molar-refractivity contribution is -0.713. The van der Waals surface area contributed by atoms with Crippen molar-refractivity contribution in [2.45, 2.75) is 6.92 Å². The molecule has 9 nitrogen and oxygen atoms in total. The zero-order valence-corrected chi connectivity index (χ0v) is 22.1. The number of ether oxygens (including phenoxy) is 3. The molecule has 1 unspecified atom stereocenters. The highest BCUT2D eigenvalue weighted by Gasteiger charge is 2.50. The number of aliphatic imine (C=N–C) groups is 2. The number of methoxy groups -OCH3 is 2. The smallest absolute Gasteiger partial charge is 0.272 e. The Morgan fingerprint density at radius 1 is 1.13 bits per heavy atom. The third-order valence-corrected chi connectivity index (χ3v) is 7.67. The molecule has 2 aromatic carbocycles. The van der Waals surface area contributed by atoms with Crippen LogP contribution in [0.25, 0.3) is 10.9 Å². The summed E-state index contributed by atoms with van der Waals surface area (Å²) in [6.45, 7) is 3.44. The molecule has 1 saturated heterocycles. The number of nitrogens with zero attached hydrogens (tertiary/aromatic N) is 4. The van der Waals surface area contributed by atoms with Crippen LogP contribution in [0.2, 0.25) is 0 Å². The molecule has 3 aliphatic heterocycles. The molecule has 6 rings (SSSR count). The average molecular weight is 513 g/mol. The number of carbonyl (C=O) groups is 1. The number of allylic oxidation sites excluding steroid dienone is 1. The van der Waals surface area contributed by atoms with Crippen LogP contribution in [0.15, 0.2) is 76.2 Å². The lowest BCUT2D eigenvalue weighted by atomic mass is 9.84. The fourth-order valence-electron chi connectivity index (χ4n) is 5.39. The zero-order valence-electron chi connectivity index (χ0n) is 22.1. The molecule has 1 N–H and O–H groups in total. The minimum absolute atomic E-state index is 0.146. The number of hydrogen-bond donors (Lipinski definition) is 1. The number of nitrogens with one attached hydrogen (secondary N) is 1. The maximum atomic E-state index is 13.3. The van der Waals surface area contributed by atoms with E-state index < -0.39 is 0 Å². The summed E-state index contributed by atoms with van der Waals surface area (Å²) >= 11 is 0. The number of anilines is 1. The van der Waals surface area contributed by atoms with Crippen LogP contribution in [0.4, 0.5) is 5.69 Å². The molecule has 9 heteroatoms. The van der Waals surface area contributed by atoms with Crippen molar-refractivity contribution >= 4 is 34.5 Å². The van der Waals surface area contributed by atoms with Gasteiger partial charge in [-0.15, -0.1) is 0 Å². The third kappa shape index (κ3) is 3.50. The van der Waals surface area contributed by atoms with E-state index in [1.165, 1.54) is 0 Å². The molecule has 3 aromatic rings. The van der Waals surface area contributed by atoms with E-state index in [-0.39, 0.29) is 11.3 Å². The van der Waals surface area contributed by atoms with Crippen molar-refractivity contribution in [3.05, 3.63) is 77.5 Å². The molecule has 4 heterocycles. The lowest BCUT2D eigenvalue weighted by Gasteiger charge is -2.37. The van der Waals surface area contributed by atoms with Crippen LogP contribution in [-0.4, -0.2) is 61.5 Å². The Balaban J connectivity index is 1.34. The monoisotopic (exact) mass is 512 g/mol. The summed E-state index contributed by atoms with van der Waals surface area (Å²) in [5.74, 6) is 1.89. The van der Waals surface area contributed by atoms with Crippen molar-refractivity contribution in [2.24, 2.45) is 22.4 Å². The Kier molecular flexibility index (Phi) is 5.51. The van der Waals surface area contributed by atoms with Crippen molar-refractivity contribution in [3.63, 3.8) is 0 Å². The number of aromatic nitrogens is 1. The highest BCUT2D eigenvalue weighted by molar-refractivity contribution is 6.08. The Labute approximate surface area is 220 Å². The second-order valence-corrected chi connectivity index (χ2v) is 10.2. The van der Waals surface area contributed by atoms with E-state index in [1.807, 2.05) is 66.5 Å². The van der Waals surface area contributed by atoms with Crippen molar-refractivity contribution in [3.8, 4) is 11.5 Å². The first kappa shape index (κ1) is 24.1. The SMILES string of the molecule is COc1cc(C2=NC(C3(C)COC3)=C3C=NC=C[N+]23C)ccc1NC(=O)c1cc2c(OC)cccc2n1C. The van der Waals surface area contributed by atoms with Gasteiger partial charge in [0, 0.05) is 12.4 Å². The number of fused-ring (bicyclic) bond motifs is 2. The van der Waals surface area contributed by atoms with Crippen molar-refractivity contribution in [1.29, 1.82) is 0 Å². The summed E-state index contributed by atoms with van der Waals surface area (Å²) in [5, 5.41) is 3.90. The molecule has 0 saturated carbocycles. The first-order chi connectivity index (χ1) is 18.3. The van der Waals surface area contributed by atoms with Gasteiger partial charge in [-0.3, -0.25) is 9.79 Å². The van der Waals surface area contributed by atoms with Crippen LogP contribution in [-0.2, 0) is 11.8 Å². The van der Waals surface area contributed by atoms with Gasteiger partial charge in [0.1, 0.15) is 29.1 Å². The number of quaternary nitrogens is 1. The summed E-state index contributed by atoms with van der Waals surface area (Å²) in [4.78, 5) is 22.9. The first-order valence-corrected chi connectivity index (χ1v) is 12.4. The fraction of sp³-hybridized carbons (Fsp3) is 0.276. The zero-order chi connectivity index (χ0) is 26.7. The van der Waals surface area contributed by atoms with Crippen LogP contribution >= 0.6 is 0 Å². The average Bonchev–Trinajstić information content (AvgIpc) is 3.42. The normalized spacial score (nSPS) is 21.2. The Morgan fingerprint density at radius 3 is 2.63 bits per heavy atom. The maximum absolute atomic E-state index is 13.3. The van der Waals surface area contributed by atoms with Gasteiger partial charge < -0.3 is 24.1 Å². The topological polar surface area (TPSA) is 86.4 Å². The number of carbonyl (C=O) groups excluding carboxylic acids is 1. The van der Waals surface area contributed by atoms with Gasteiger partial charge in [0.05, 0.1) is 69.1 Å². The van der Waals surface area contributed by atoms with Gasteiger partial charge in [0.15, 0.2) is 5.70 Å². The third-order valence-electron chi connectivity index (χ3n) is 7.67. The highest BCUT2D eigenvalue weighted by Crippen LogP contribution is 2.45. The quantitative estimate of drug-likeness (QED) is 0.494. The molecule has 1 fully saturated rings. The largest absolute Gasteiger partial charge is 0.496 e. The van der Waals surface area contributed by atoms with Gasteiger partial charge >= 0.3 is 0 Å². The summed E-state index contributed by atoms with van der Waals surface area (Å²) in [6.07, 6.45) is 5.72. The van der Waals surface area contributed by atoms with Gasteiger partial charge in [-0.05, 0) is 43.3 Å². The van der Waals surface area contributed by atoms with Crippen molar-refractivity contribution in [2.75, 3.05) is 39.8 Å². The summed E-state index contributed by atoms with van der Waals surface area (Å²) in [6, 6.07) is 13.3. The van der Waals surface area contributed by atoms with E-state index in [2.05, 4.69) is 24.3 Å². The standard InChI is InChI=1S/C29H29N5O4/c1-29(16-38-17-29)26-23-15-30-11-12-34(23,3)27(32-26)18-9-10-20(25(13-18)37-5)31-28(35)22-14-19-21(33(22)2)7-6-8-24(19)36-4/h6-15H,16-17H2,1-5H3/p+1. The second-order valence-electron chi connectivity index (χ2n) is 10.2. The Bertz CT molecular complexity index is 1610. The van der Waals surface area contributed by atoms with E-state index in [4.69, 9.17) is 19.2 Å². The molecule has 38 heavy (non-hydrogen) atoms. The maximum Gasteiger partial charge on any atom is 0.272 e. The Morgan fingerprint density at radius 2 is 1.92 bits per heavy atom. The number of benzene rings is 2. The molecule has 0 spiro atoms. The van der Waals surface area contributed by atoms with Gasteiger partial charge in [0.25, 0.3) is 5.91 Å². The summed E-state index contributed by atoms with van der Waals surface area (Å²) in [7, 11) is 7.19. The van der Waals surface area contributed by atoms with Gasteiger partial charge in [0.2, 0.25) is 5.84 Å². The molecule has 1 amide bonds. The van der Waals surface area contributed by atoms with E-state index in [0.717, 1.165) is 39.4 Å². The molecule has 1 aromatic heterocycles. The van der Waals surface area contributed by atoms with Crippen molar-refractivity contribution < 1.29 is 23.5 Å². The van der Waals surface area contributed by atoms with Gasteiger partial charge in [-0.1, -0.05) is 6.07 Å². The molecule has 194 valence electrons. The lowest BCUT2D eigenvalue weighted by Crippen LogP contribution is -2.45. The predicted molar refractivity (Wildman–Crippen MR) is 147 cm³/mol. The molecule has 3 aliphatic rings. The number of aryl methyl sites for hydroxylation is 1. The second kappa shape index (κ2) is 8.68. The van der Waals surface area contributed by atoms with E-state index in [1.54, 1.807) is 20.4 Å². The van der Waals surface area contributed by atoms with Crippen LogP contribution in [0.3, 0.4) is 0 Å². The molecule has 0 bridgehead atoms. The summed E-state index contributed by atoms with van der Waals surface area (Å²) in [5.41, 5.74) is 4.79.